The zero-order valence-electron chi connectivity index (χ0n) is 15.1. The van der Waals surface area contributed by atoms with E-state index < -0.39 is 5.97 Å². The van der Waals surface area contributed by atoms with Crippen molar-refractivity contribution in [3.8, 4) is 0 Å². The van der Waals surface area contributed by atoms with Crippen molar-refractivity contribution >= 4 is 11.9 Å². The van der Waals surface area contributed by atoms with Crippen LogP contribution in [0.4, 0.5) is 0 Å². The van der Waals surface area contributed by atoms with Gasteiger partial charge >= 0.3 is 5.97 Å². The molecule has 26 heavy (non-hydrogen) atoms. The summed E-state index contributed by atoms with van der Waals surface area (Å²) < 4.78 is 10.6. The summed E-state index contributed by atoms with van der Waals surface area (Å²) in [6.07, 6.45) is 0.269. The van der Waals surface area contributed by atoms with Crippen LogP contribution >= 0.6 is 0 Å². The standard InChI is InChI=1S/C18H23N3O5/c1-4-25-12(2)17-19-15(26-20-17)11-21(3)16(22)10-9-13-7-5-6-8-14(13)18(23)24/h5-8,12H,4,9-11H2,1-3H3,(H,23,24). The molecule has 8 heteroatoms. The maximum atomic E-state index is 12.3. The molecular weight excluding hydrogens is 338 g/mol. The van der Waals surface area contributed by atoms with Crippen LogP contribution in [0.1, 0.15) is 54.0 Å². The number of carboxylic acids is 1. The van der Waals surface area contributed by atoms with E-state index >= 15 is 0 Å². The molecule has 0 saturated heterocycles. The third-order valence-corrected chi connectivity index (χ3v) is 3.92. The van der Waals surface area contributed by atoms with E-state index in [-0.39, 0.29) is 30.5 Å². The first-order chi connectivity index (χ1) is 12.4. The van der Waals surface area contributed by atoms with Crippen molar-refractivity contribution in [3.63, 3.8) is 0 Å². The Labute approximate surface area is 151 Å². The molecule has 0 spiro atoms. The van der Waals surface area contributed by atoms with E-state index in [1.807, 2.05) is 13.8 Å². The second-order valence-corrected chi connectivity index (χ2v) is 5.86. The van der Waals surface area contributed by atoms with Crippen molar-refractivity contribution in [2.75, 3.05) is 13.7 Å². The Morgan fingerprint density at radius 1 is 1.35 bits per heavy atom. The maximum Gasteiger partial charge on any atom is 0.335 e. The summed E-state index contributed by atoms with van der Waals surface area (Å²) in [5, 5.41) is 13.0. The number of nitrogens with zero attached hydrogens (tertiary/aromatic N) is 3. The van der Waals surface area contributed by atoms with Crippen LogP contribution in [-0.4, -0.2) is 45.7 Å². The van der Waals surface area contributed by atoms with Crippen molar-refractivity contribution in [1.82, 2.24) is 15.0 Å². The predicted molar refractivity (Wildman–Crippen MR) is 92.5 cm³/mol. The van der Waals surface area contributed by atoms with Gasteiger partial charge in [-0.15, -0.1) is 0 Å². The number of hydrogen-bond acceptors (Lipinski definition) is 6. The molecule has 1 N–H and O–H groups in total. The summed E-state index contributed by atoms with van der Waals surface area (Å²) >= 11 is 0. The number of carbonyl (C=O) groups is 2. The van der Waals surface area contributed by atoms with Crippen LogP contribution in [0.15, 0.2) is 28.8 Å². The van der Waals surface area contributed by atoms with E-state index in [1.165, 1.54) is 11.0 Å². The van der Waals surface area contributed by atoms with Crippen molar-refractivity contribution in [1.29, 1.82) is 0 Å². The van der Waals surface area contributed by atoms with Gasteiger partial charge in [0.1, 0.15) is 6.10 Å². The molecule has 140 valence electrons. The minimum atomic E-state index is -0.997. The molecule has 1 aromatic carbocycles. The smallest absolute Gasteiger partial charge is 0.335 e. The lowest BCUT2D eigenvalue weighted by atomic mass is 10.0. The van der Waals surface area contributed by atoms with Gasteiger partial charge in [-0.25, -0.2) is 4.79 Å². The molecule has 1 atom stereocenters. The molecule has 8 nitrogen and oxygen atoms in total. The second-order valence-electron chi connectivity index (χ2n) is 5.86. The first-order valence-electron chi connectivity index (χ1n) is 8.41. The molecule has 0 fully saturated rings. The fourth-order valence-corrected chi connectivity index (χ4v) is 2.49. The van der Waals surface area contributed by atoms with Gasteiger partial charge in [-0.3, -0.25) is 4.79 Å². The number of rotatable bonds is 9. The van der Waals surface area contributed by atoms with Crippen LogP contribution in [-0.2, 0) is 22.5 Å². The minimum Gasteiger partial charge on any atom is -0.478 e. The molecule has 2 rings (SSSR count). The van der Waals surface area contributed by atoms with Gasteiger partial charge in [-0.1, -0.05) is 23.4 Å². The van der Waals surface area contributed by atoms with Crippen molar-refractivity contribution in [2.45, 2.75) is 39.3 Å². The van der Waals surface area contributed by atoms with Gasteiger partial charge in [-0.2, -0.15) is 4.98 Å². The first kappa shape index (κ1) is 19.6. The Hall–Kier alpha value is -2.74. The van der Waals surface area contributed by atoms with Crippen LogP contribution in [0.25, 0.3) is 0 Å². The SMILES string of the molecule is CCOC(C)c1noc(CN(C)C(=O)CCc2ccccc2C(=O)O)n1. The average Bonchev–Trinajstić information content (AvgIpc) is 3.08. The summed E-state index contributed by atoms with van der Waals surface area (Å²) in [4.78, 5) is 29.2. The fourth-order valence-electron chi connectivity index (χ4n) is 2.49. The normalized spacial score (nSPS) is 12.0. The lowest BCUT2D eigenvalue weighted by Gasteiger charge is -2.15. The number of benzene rings is 1. The lowest BCUT2D eigenvalue weighted by Crippen LogP contribution is -2.26. The first-order valence-corrected chi connectivity index (χ1v) is 8.41. The zero-order valence-corrected chi connectivity index (χ0v) is 15.1. The van der Waals surface area contributed by atoms with E-state index in [0.717, 1.165) is 0 Å². The molecule has 2 aromatic rings. The molecule has 0 bridgehead atoms. The van der Waals surface area contributed by atoms with Gasteiger partial charge in [0.15, 0.2) is 5.82 Å². The van der Waals surface area contributed by atoms with Gasteiger partial charge in [0.2, 0.25) is 11.8 Å². The lowest BCUT2D eigenvalue weighted by molar-refractivity contribution is -0.130. The third kappa shape index (κ3) is 5.13. The zero-order chi connectivity index (χ0) is 19.1. The van der Waals surface area contributed by atoms with E-state index in [2.05, 4.69) is 10.1 Å². The van der Waals surface area contributed by atoms with Gasteiger partial charge in [0.05, 0.1) is 12.1 Å². The van der Waals surface area contributed by atoms with E-state index in [0.29, 0.717) is 30.3 Å². The highest BCUT2D eigenvalue weighted by molar-refractivity contribution is 5.89. The Balaban J connectivity index is 1.91. The van der Waals surface area contributed by atoms with Gasteiger partial charge in [-0.05, 0) is 31.9 Å². The number of aromatic carboxylic acids is 1. The Morgan fingerprint density at radius 3 is 2.77 bits per heavy atom. The third-order valence-electron chi connectivity index (χ3n) is 3.92. The van der Waals surface area contributed by atoms with Crippen molar-refractivity contribution in [3.05, 3.63) is 47.1 Å². The molecule has 0 aliphatic heterocycles. The number of hydrogen-bond donors (Lipinski definition) is 1. The van der Waals surface area contributed by atoms with Gasteiger partial charge in [0, 0.05) is 20.1 Å². The Kier molecular flexibility index (Phi) is 6.85. The van der Waals surface area contributed by atoms with Gasteiger partial charge < -0.3 is 19.3 Å². The fraction of sp³-hybridized carbons (Fsp3) is 0.444. The van der Waals surface area contributed by atoms with Crippen molar-refractivity contribution in [2.24, 2.45) is 0 Å². The molecular formula is C18H23N3O5. The van der Waals surface area contributed by atoms with E-state index in [9.17, 15) is 14.7 Å². The van der Waals surface area contributed by atoms with Crippen LogP contribution in [0.2, 0.25) is 0 Å². The number of carbonyl (C=O) groups excluding carboxylic acids is 1. The molecule has 1 unspecified atom stereocenters. The van der Waals surface area contributed by atoms with E-state index in [4.69, 9.17) is 9.26 Å². The summed E-state index contributed by atoms with van der Waals surface area (Å²) in [7, 11) is 1.64. The summed E-state index contributed by atoms with van der Waals surface area (Å²) in [6, 6.07) is 6.67. The highest BCUT2D eigenvalue weighted by Crippen LogP contribution is 2.15. The number of aryl methyl sites for hydroxylation is 1. The maximum absolute atomic E-state index is 12.3. The van der Waals surface area contributed by atoms with Crippen LogP contribution in [0.5, 0.6) is 0 Å². The molecule has 1 heterocycles. The van der Waals surface area contributed by atoms with Crippen LogP contribution in [0.3, 0.4) is 0 Å². The Bertz CT molecular complexity index is 759. The predicted octanol–water partition coefficient (Wildman–Crippen LogP) is 2.46. The largest absolute Gasteiger partial charge is 0.478 e. The highest BCUT2D eigenvalue weighted by Gasteiger charge is 2.18. The Morgan fingerprint density at radius 2 is 2.08 bits per heavy atom. The molecule has 0 saturated carbocycles. The molecule has 0 aliphatic rings. The average molecular weight is 361 g/mol. The topological polar surface area (TPSA) is 106 Å². The number of amides is 1. The van der Waals surface area contributed by atoms with Gasteiger partial charge in [0.25, 0.3) is 0 Å². The van der Waals surface area contributed by atoms with Crippen LogP contribution in [0, 0.1) is 0 Å². The van der Waals surface area contributed by atoms with E-state index in [1.54, 1.807) is 25.2 Å². The number of carboxylic acid groups (broad SMARTS) is 1. The molecule has 0 aliphatic carbocycles. The second kappa shape index (κ2) is 9.10. The summed E-state index contributed by atoms with van der Waals surface area (Å²) in [6.45, 7) is 4.44. The molecule has 1 amide bonds. The highest BCUT2D eigenvalue weighted by atomic mass is 16.5. The summed E-state index contributed by atoms with van der Waals surface area (Å²) in [5.74, 6) is -0.363. The number of aromatic nitrogens is 2. The molecule has 0 radical (unpaired) electrons. The quantitative estimate of drug-likeness (QED) is 0.731. The minimum absolute atomic E-state index is 0.136. The monoisotopic (exact) mass is 361 g/mol. The molecule has 1 aromatic heterocycles. The van der Waals surface area contributed by atoms with Crippen molar-refractivity contribution < 1.29 is 24.0 Å². The van der Waals surface area contributed by atoms with Crippen LogP contribution < -0.4 is 0 Å². The number of ether oxygens (including phenoxy) is 1. The summed E-state index contributed by atoms with van der Waals surface area (Å²) in [5.41, 5.74) is 0.849.